The standard InChI is InChI=1S/C17H17BrN2O/c18-15-5-11-3-4-21-17(11)14(6-15)10-20-8-12-1-2-16(19)7-13(12)9-20/h1-2,5-7H,3-4,8-10,19H2. The molecular weight excluding hydrogens is 328 g/mol. The summed E-state index contributed by atoms with van der Waals surface area (Å²) >= 11 is 3.61. The van der Waals surface area contributed by atoms with E-state index in [0.29, 0.717) is 0 Å². The van der Waals surface area contributed by atoms with E-state index >= 15 is 0 Å². The SMILES string of the molecule is Nc1ccc2c(c1)CN(Cc1cc(Br)cc3c1OCC3)C2. The molecular formula is C17H17BrN2O. The number of ether oxygens (including phenoxy) is 1. The molecule has 2 N–H and O–H groups in total. The van der Waals surface area contributed by atoms with Gasteiger partial charge in [0, 0.05) is 41.8 Å². The van der Waals surface area contributed by atoms with Crippen molar-refractivity contribution in [2.75, 3.05) is 12.3 Å². The van der Waals surface area contributed by atoms with Crippen molar-refractivity contribution in [2.45, 2.75) is 26.1 Å². The Morgan fingerprint density at radius 1 is 1.10 bits per heavy atom. The van der Waals surface area contributed by atoms with Gasteiger partial charge in [0.25, 0.3) is 0 Å². The third-order valence-corrected chi connectivity index (χ3v) is 4.70. The number of hydrogen-bond acceptors (Lipinski definition) is 3. The van der Waals surface area contributed by atoms with Gasteiger partial charge < -0.3 is 10.5 Å². The molecule has 0 radical (unpaired) electrons. The van der Waals surface area contributed by atoms with Gasteiger partial charge >= 0.3 is 0 Å². The van der Waals surface area contributed by atoms with E-state index in [0.717, 1.165) is 48.6 Å². The average Bonchev–Trinajstić information content (AvgIpc) is 3.03. The third-order valence-electron chi connectivity index (χ3n) is 4.24. The molecule has 2 aromatic rings. The second kappa shape index (κ2) is 5.04. The fourth-order valence-corrected chi connectivity index (χ4v) is 3.85. The van der Waals surface area contributed by atoms with Crippen molar-refractivity contribution in [2.24, 2.45) is 0 Å². The predicted octanol–water partition coefficient (Wildman–Crippen LogP) is 3.48. The van der Waals surface area contributed by atoms with Gasteiger partial charge in [-0.1, -0.05) is 22.0 Å². The van der Waals surface area contributed by atoms with Gasteiger partial charge in [-0.3, -0.25) is 4.90 Å². The van der Waals surface area contributed by atoms with Crippen LogP contribution in [0.1, 0.15) is 22.3 Å². The normalized spacial score (nSPS) is 16.6. The van der Waals surface area contributed by atoms with Crippen molar-refractivity contribution in [1.82, 2.24) is 4.90 Å². The molecule has 108 valence electrons. The van der Waals surface area contributed by atoms with Crippen LogP contribution >= 0.6 is 15.9 Å². The number of fused-ring (bicyclic) bond motifs is 2. The van der Waals surface area contributed by atoms with Crippen molar-refractivity contribution < 1.29 is 4.74 Å². The molecule has 3 nitrogen and oxygen atoms in total. The van der Waals surface area contributed by atoms with Crippen LogP contribution in [0.4, 0.5) is 5.69 Å². The van der Waals surface area contributed by atoms with E-state index in [4.69, 9.17) is 10.5 Å². The van der Waals surface area contributed by atoms with Gasteiger partial charge in [-0.15, -0.1) is 0 Å². The quantitative estimate of drug-likeness (QED) is 0.847. The first-order chi connectivity index (χ1) is 10.2. The zero-order chi connectivity index (χ0) is 14.4. The number of nitrogen functional groups attached to an aromatic ring is 1. The minimum atomic E-state index is 0.801. The van der Waals surface area contributed by atoms with E-state index in [1.165, 1.54) is 22.3 Å². The fraction of sp³-hybridized carbons (Fsp3) is 0.294. The average molecular weight is 345 g/mol. The summed E-state index contributed by atoms with van der Waals surface area (Å²) in [6.07, 6.45) is 1.01. The lowest BCUT2D eigenvalue weighted by molar-refractivity contribution is 0.268. The van der Waals surface area contributed by atoms with E-state index in [-0.39, 0.29) is 0 Å². The van der Waals surface area contributed by atoms with Crippen LogP contribution < -0.4 is 10.5 Å². The highest BCUT2D eigenvalue weighted by Gasteiger charge is 2.23. The van der Waals surface area contributed by atoms with Gasteiger partial charge in [0.15, 0.2) is 0 Å². The van der Waals surface area contributed by atoms with Gasteiger partial charge in [-0.05, 0) is 41.0 Å². The number of anilines is 1. The van der Waals surface area contributed by atoms with E-state index in [9.17, 15) is 0 Å². The molecule has 0 saturated heterocycles. The highest BCUT2D eigenvalue weighted by molar-refractivity contribution is 9.10. The monoisotopic (exact) mass is 344 g/mol. The van der Waals surface area contributed by atoms with E-state index in [2.05, 4.69) is 45.1 Å². The van der Waals surface area contributed by atoms with Gasteiger partial charge in [0.05, 0.1) is 6.61 Å². The summed E-state index contributed by atoms with van der Waals surface area (Å²) in [6.45, 7) is 3.66. The first-order valence-corrected chi connectivity index (χ1v) is 8.02. The second-order valence-corrected chi connectivity index (χ2v) is 6.74. The molecule has 4 rings (SSSR count). The first-order valence-electron chi connectivity index (χ1n) is 7.23. The minimum Gasteiger partial charge on any atom is -0.493 e. The molecule has 0 aromatic heterocycles. The molecule has 2 heterocycles. The summed E-state index contributed by atoms with van der Waals surface area (Å²) in [7, 11) is 0. The van der Waals surface area contributed by atoms with Gasteiger partial charge in [-0.2, -0.15) is 0 Å². The van der Waals surface area contributed by atoms with E-state index in [1.54, 1.807) is 0 Å². The van der Waals surface area contributed by atoms with E-state index < -0.39 is 0 Å². The topological polar surface area (TPSA) is 38.5 Å². The summed E-state index contributed by atoms with van der Waals surface area (Å²) in [5, 5.41) is 0. The van der Waals surface area contributed by atoms with Crippen LogP contribution in [0.2, 0.25) is 0 Å². The zero-order valence-corrected chi connectivity index (χ0v) is 13.3. The number of nitrogens with two attached hydrogens (primary N) is 1. The Balaban J connectivity index is 1.59. The van der Waals surface area contributed by atoms with Crippen LogP contribution in [-0.4, -0.2) is 11.5 Å². The summed E-state index contributed by atoms with van der Waals surface area (Å²) < 4.78 is 6.96. The smallest absolute Gasteiger partial charge is 0.127 e. The van der Waals surface area contributed by atoms with Crippen LogP contribution in [-0.2, 0) is 26.1 Å². The van der Waals surface area contributed by atoms with Crippen molar-refractivity contribution in [1.29, 1.82) is 0 Å². The minimum absolute atomic E-state index is 0.801. The van der Waals surface area contributed by atoms with Crippen LogP contribution in [0.5, 0.6) is 5.75 Å². The molecule has 0 spiro atoms. The number of halogens is 1. The largest absolute Gasteiger partial charge is 0.493 e. The third kappa shape index (κ3) is 2.43. The first kappa shape index (κ1) is 13.2. The predicted molar refractivity (Wildman–Crippen MR) is 87.1 cm³/mol. The molecule has 2 aliphatic heterocycles. The lowest BCUT2D eigenvalue weighted by Crippen LogP contribution is -2.16. The van der Waals surface area contributed by atoms with Crippen LogP contribution in [0.25, 0.3) is 0 Å². The number of benzene rings is 2. The molecule has 0 bridgehead atoms. The zero-order valence-electron chi connectivity index (χ0n) is 11.7. The molecule has 0 fully saturated rings. The molecule has 0 unspecified atom stereocenters. The Morgan fingerprint density at radius 2 is 1.95 bits per heavy atom. The lowest BCUT2D eigenvalue weighted by atomic mass is 10.1. The Labute approximate surface area is 132 Å². The Bertz CT molecular complexity index is 714. The maximum Gasteiger partial charge on any atom is 0.127 e. The highest BCUT2D eigenvalue weighted by atomic mass is 79.9. The Hall–Kier alpha value is -1.52. The fourth-order valence-electron chi connectivity index (χ4n) is 3.30. The number of nitrogens with zero attached hydrogens (tertiary/aromatic N) is 1. The molecule has 0 atom stereocenters. The molecule has 2 aromatic carbocycles. The van der Waals surface area contributed by atoms with Crippen LogP contribution in [0.15, 0.2) is 34.8 Å². The Kier molecular flexibility index (Phi) is 3.16. The van der Waals surface area contributed by atoms with Crippen molar-refractivity contribution in [3.05, 3.63) is 57.1 Å². The van der Waals surface area contributed by atoms with Crippen molar-refractivity contribution >= 4 is 21.6 Å². The van der Waals surface area contributed by atoms with Gasteiger partial charge in [-0.25, -0.2) is 0 Å². The van der Waals surface area contributed by atoms with Crippen molar-refractivity contribution in [3.8, 4) is 5.75 Å². The summed E-state index contributed by atoms with van der Waals surface area (Å²) in [5.74, 6) is 1.09. The maximum absolute atomic E-state index is 5.88. The summed E-state index contributed by atoms with van der Waals surface area (Å²) in [6, 6.07) is 10.6. The van der Waals surface area contributed by atoms with E-state index in [1.807, 2.05) is 6.07 Å². The van der Waals surface area contributed by atoms with Gasteiger partial charge in [0.2, 0.25) is 0 Å². The molecule has 2 aliphatic rings. The van der Waals surface area contributed by atoms with Crippen LogP contribution in [0, 0.1) is 0 Å². The lowest BCUT2D eigenvalue weighted by Gasteiger charge is -2.17. The summed E-state index contributed by atoms with van der Waals surface area (Å²) in [4.78, 5) is 2.44. The Morgan fingerprint density at radius 3 is 2.86 bits per heavy atom. The second-order valence-electron chi connectivity index (χ2n) is 5.82. The van der Waals surface area contributed by atoms with Crippen molar-refractivity contribution in [3.63, 3.8) is 0 Å². The molecule has 21 heavy (non-hydrogen) atoms. The molecule has 0 aliphatic carbocycles. The van der Waals surface area contributed by atoms with Crippen LogP contribution in [0.3, 0.4) is 0 Å². The molecule has 0 saturated carbocycles. The molecule has 4 heteroatoms. The number of hydrogen-bond donors (Lipinski definition) is 1. The highest BCUT2D eigenvalue weighted by Crippen LogP contribution is 2.35. The number of rotatable bonds is 2. The summed E-state index contributed by atoms with van der Waals surface area (Å²) in [5.41, 5.74) is 12.1. The maximum atomic E-state index is 5.88. The van der Waals surface area contributed by atoms with Gasteiger partial charge in [0.1, 0.15) is 5.75 Å². The molecule has 0 amide bonds.